The Kier molecular flexibility index (Phi) is 5.43. The zero-order valence-corrected chi connectivity index (χ0v) is 14.1. The third-order valence-electron chi connectivity index (χ3n) is 4.34. The van der Waals surface area contributed by atoms with Gasteiger partial charge in [-0.25, -0.2) is 4.98 Å². The van der Waals surface area contributed by atoms with Gasteiger partial charge in [-0.15, -0.1) is 0 Å². The average molecular weight is 324 g/mol. The molecular formula is C19H24N4O. The van der Waals surface area contributed by atoms with Crippen molar-refractivity contribution in [3.63, 3.8) is 0 Å². The van der Waals surface area contributed by atoms with E-state index < -0.39 is 0 Å². The fourth-order valence-electron chi connectivity index (χ4n) is 2.86. The first-order chi connectivity index (χ1) is 11.7. The summed E-state index contributed by atoms with van der Waals surface area (Å²) in [6.45, 7) is 6.68. The molecule has 24 heavy (non-hydrogen) atoms. The number of nitrogens with zero attached hydrogens (tertiary/aromatic N) is 3. The van der Waals surface area contributed by atoms with Crippen LogP contribution in [0.1, 0.15) is 12.0 Å². The van der Waals surface area contributed by atoms with Crippen molar-refractivity contribution in [3.05, 3.63) is 54.2 Å². The van der Waals surface area contributed by atoms with E-state index >= 15 is 0 Å². The molecule has 1 aromatic carbocycles. The number of rotatable bonds is 5. The van der Waals surface area contributed by atoms with E-state index in [0.717, 1.165) is 44.2 Å². The van der Waals surface area contributed by atoms with Gasteiger partial charge in [-0.3, -0.25) is 9.69 Å². The van der Waals surface area contributed by atoms with Crippen molar-refractivity contribution in [2.24, 2.45) is 0 Å². The normalized spacial score (nSPS) is 15.3. The number of nitrogens with one attached hydrogen (secondary N) is 1. The Bertz CT molecular complexity index is 649. The number of pyridine rings is 1. The fourth-order valence-corrected chi connectivity index (χ4v) is 2.86. The zero-order valence-electron chi connectivity index (χ0n) is 14.1. The number of piperazine rings is 1. The molecule has 1 aromatic heterocycles. The van der Waals surface area contributed by atoms with Gasteiger partial charge < -0.3 is 10.2 Å². The number of carbonyl (C=O) groups excluding carboxylic acids is 1. The highest BCUT2D eigenvalue weighted by molar-refractivity contribution is 5.90. The predicted molar refractivity (Wildman–Crippen MR) is 97.3 cm³/mol. The summed E-state index contributed by atoms with van der Waals surface area (Å²) in [5, 5.41) is 2.96. The lowest BCUT2D eigenvalue weighted by molar-refractivity contribution is -0.116. The summed E-state index contributed by atoms with van der Waals surface area (Å²) in [6.07, 6.45) is 2.36. The van der Waals surface area contributed by atoms with Crippen LogP contribution < -0.4 is 10.2 Å². The van der Waals surface area contributed by atoms with Gasteiger partial charge in [0, 0.05) is 51.0 Å². The van der Waals surface area contributed by atoms with Crippen LogP contribution in [0.25, 0.3) is 0 Å². The van der Waals surface area contributed by atoms with Crippen molar-refractivity contribution in [3.8, 4) is 0 Å². The third-order valence-corrected chi connectivity index (χ3v) is 4.34. The molecule has 1 aliphatic heterocycles. The Morgan fingerprint density at radius 3 is 2.50 bits per heavy atom. The van der Waals surface area contributed by atoms with Crippen LogP contribution in [0.3, 0.4) is 0 Å². The third kappa shape index (κ3) is 4.55. The van der Waals surface area contributed by atoms with E-state index in [1.165, 1.54) is 5.56 Å². The molecule has 5 nitrogen and oxygen atoms in total. The maximum atomic E-state index is 12.1. The largest absolute Gasteiger partial charge is 0.354 e. The standard InChI is InChI=1S/C19H24N4O/c1-16-5-7-17(8-6-16)21-19(24)9-11-22-12-14-23(15-13-22)18-4-2-3-10-20-18/h2-8,10H,9,11-15H2,1H3,(H,21,24). The van der Waals surface area contributed by atoms with Crippen molar-refractivity contribution in [1.29, 1.82) is 0 Å². The van der Waals surface area contributed by atoms with Gasteiger partial charge in [0.25, 0.3) is 0 Å². The van der Waals surface area contributed by atoms with E-state index in [9.17, 15) is 4.79 Å². The number of hydrogen-bond donors (Lipinski definition) is 1. The highest BCUT2D eigenvalue weighted by atomic mass is 16.1. The zero-order chi connectivity index (χ0) is 16.8. The summed E-state index contributed by atoms with van der Waals surface area (Å²) < 4.78 is 0. The van der Waals surface area contributed by atoms with Crippen LogP contribution in [0.5, 0.6) is 0 Å². The lowest BCUT2D eigenvalue weighted by Crippen LogP contribution is -2.47. The van der Waals surface area contributed by atoms with Crippen LogP contribution >= 0.6 is 0 Å². The average Bonchev–Trinajstić information content (AvgIpc) is 2.63. The maximum Gasteiger partial charge on any atom is 0.225 e. The van der Waals surface area contributed by atoms with Crippen LogP contribution in [0.4, 0.5) is 11.5 Å². The number of amides is 1. The summed E-state index contributed by atoms with van der Waals surface area (Å²) in [5.74, 6) is 1.11. The first-order valence-corrected chi connectivity index (χ1v) is 8.45. The second-order valence-electron chi connectivity index (χ2n) is 6.18. The lowest BCUT2D eigenvalue weighted by atomic mass is 10.2. The minimum atomic E-state index is 0.0750. The highest BCUT2D eigenvalue weighted by Crippen LogP contribution is 2.13. The van der Waals surface area contributed by atoms with Crippen LogP contribution in [0, 0.1) is 6.92 Å². The molecule has 1 N–H and O–H groups in total. The van der Waals surface area contributed by atoms with E-state index in [2.05, 4.69) is 20.1 Å². The topological polar surface area (TPSA) is 48.5 Å². The molecule has 1 fully saturated rings. The summed E-state index contributed by atoms with van der Waals surface area (Å²) in [7, 11) is 0. The van der Waals surface area contributed by atoms with Gasteiger partial charge in [0.05, 0.1) is 0 Å². The van der Waals surface area contributed by atoms with E-state index in [1.807, 2.05) is 55.6 Å². The van der Waals surface area contributed by atoms with Crippen LogP contribution in [0.15, 0.2) is 48.7 Å². The Morgan fingerprint density at radius 2 is 1.83 bits per heavy atom. The molecular weight excluding hydrogens is 300 g/mol. The quantitative estimate of drug-likeness (QED) is 0.918. The number of hydrogen-bond acceptors (Lipinski definition) is 4. The number of carbonyl (C=O) groups is 1. The lowest BCUT2D eigenvalue weighted by Gasteiger charge is -2.35. The Hall–Kier alpha value is -2.40. The van der Waals surface area contributed by atoms with Crippen LogP contribution in [-0.4, -0.2) is 48.5 Å². The molecule has 5 heteroatoms. The van der Waals surface area contributed by atoms with Gasteiger partial charge in [-0.2, -0.15) is 0 Å². The van der Waals surface area contributed by atoms with E-state index in [-0.39, 0.29) is 5.91 Å². The fraction of sp³-hybridized carbons (Fsp3) is 0.368. The summed E-state index contributed by atoms with van der Waals surface area (Å²) >= 11 is 0. The Labute approximate surface area is 143 Å². The minimum Gasteiger partial charge on any atom is -0.354 e. The molecule has 0 aliphatic carbocycles. The molecule has 0 bridgehead atoms. The minimum absolute atomic E-state index is 0.0750. The van der Waals surface area contributed by atoms with Crippen LogP contribution in [0.2, 0.25) is 0 Å². The molecule has 0 saturated carbocycles. The van der Waals surface area contributed by atoms with Crippen molar-refractivity contribution >= 4 is 17.4 Å². The van der Waals surface area contributed by atoms with Gasteiger partial charge in [-0.1, -0.05) is 23.8 Å². The molecule has 3 rings (SSSR count). The predicted octanol–water partition coefficient (Wildman–Crippen LogP) is 2.54. The van der Waals surface area contributed by atoms with Crippen molar-refractivity contribution in [2.45, 2.75) is 13.3 Å². The Balaban J connectivity index is 1.40. The van der Waals surface area contributed by atoms with Gasteiger partial charge in [0.1, 0.15) is 5.82 Å². The molecule has 1 saturated heterocycles. The van der Waals surface area contributed by atoms with Gasteiger partial charge >= 0.3 is 0 Å². The summed E-state index contributed by atoms with van der Waals surface area (Å²) in [6, 6.07) is 13.9. The maximum absolute atomic E-state index is 12.1. The molecule has 0 atom stereocenters. The molecule has 2 aromatic rings. The molecule has 0 spiro atoms. The number of benzene rings is 1. The molecule has 0 radical (unpaired) electrons. The van der Waals surface area contributed by atoms with Gasteiger partial charge in [-0.05, 0) is 31.2 Å². The summed E-state index contributed by atoms with van der Waals surface area (Å²) in [5.41, 5.74) is 2.06. The Morgan fingerprint density at radius 1 is 1.08 bits per heavy atom. The smallest absolute Gasteiger partial charge is 0.225 e. The monoisotopic (exact) mass is 324 g/mol. The first-order valence-electron chi connectivity index (χ1n) is 8.45. The molecule has 2 heterocycles. The second-order valence-corrected chi connectivity index (χ2v) is 6.18. The number of aromatic nitrogens is 1. The number of aryl methyl sites for hydroxylation is 1. The van der Waals surface area contributed by atoms with Crippen molar-refractivity contribution in [2.75, 3.05) is 42.9 Å². The summed E-state index contributed by atoms with van der Waals surface area (Å²) in [4.78, 5) is 21.1. The highest BCUT2D eigenvalue weighted by Gasteiger charge is 2.18. The SMILES string of the molecule is Cc1ccc(NC(=O)CCN2CCN(c3ccccn3)CC2)cc1. The van der Waals surface area contributed by atoms with Gasteiger partial charge in [0.2, 0.25) is 5.91 Å². The van der Waals surface area contributed by atoms with Crippen molar-refractivity contribution < 1.29 is 4.79 Å². The molecule has 0 unspecified atom stereocenters. The van der Waals surface area contributed by atoms with E-state index in [4.69, 9.17) is 0 Å². The van der Waals surface area contributed by atoms with Crippen molar-refractivity contribution in [1.82, 2.24) is 9.88 Å². The van der Waals surface area contributed by atoms with Gasteiger partial charge in [0.15, 0.2) is 0 Å². The number of anilines is 2. The molecule has 1 aliphatic rings. The van der Waals surface area contributed by atoms with E-state index in [1.54, 1.807) is 0 Å². The second kappa shape index (κ2) is 7.93. The first kappa shape index (κ1) is 16.5. The van der Waals surface area contributed by atoms with E-state index in [0.29, 0.717) is 6.42 Å². The molecule has 126 valence electrons. The van der Waals surface area contributed by atoms with Crippen LogP contribution in [-0.2, 0) is 4.79 Å². The molecule has 1 amide bonds.